The van der Waals surface area contributed by atoms with E-state index in [2.05, 4.69) is 10.2 Å². The topological polar surface area (TPSA) is 33.6 Å². The summed E-state index contributed by atoms with van der Waals surface area (Å²) in [5, 5.41) is 6.68. The van der Waals surface area contributed by atoms with E-state index >= 15 is 0 Å². The Morgan fingerprint density at radius 3 is 2.50 bits per heavy atom. The van der Waals surface area contributed by atoms with Gasteiger partial charge in [-0.2, -0.15) is 5.10 Å². The van der Waals surface area contributed by atoms with Crippen molar-refractivity contribution in [1.82, 2.24) is 14.8 Å². The largest absolute Gasteiger partial charge is 0.301 e. The quantitative estimate of drug-likeness (QED) is 0.866. The zero-order valence-corrected chi connectivity index (χ0v) is 10.9. The molecule has 0 amide bonds. The van der Waals surface area contributed by atoms with E-state index in [1.807, 2.05) is 13.8 Å². The average Bonchev–Trinajstić information content (AvgIpc) is 2.65. The third-order valence-corrected chi connectivity index (χ3v) is 2.98. The van der Waals surface area contributed by atoms with Crippen LogP contribution in [0.5, 0.6) is 0 Å². The Morgan fingerprint density at radius 1 is 1.33 bits per heavy atom. The highest BCUT2D eigenvalue weighted by molar-refractivity contribution is 7.71. The minimum absolute atomic E-state index is 0.00778. The molecule has 1 aromatic heterocycles. The summed E-state index contributed by atoms with van der Waals surface area (Å²) in [5.74, 6) is -0.613. The van der Waals surface area contributed by atoms with E-state index in [1.54, 1.807) is 4.57 Å². The second-order valence-electron chi connectivity index (χ2n) is 4.29. The maximum Gasteiger partial charge on any atom is 0.195 e. The Bertz CT molecular complexity index is 596. The van der Waals surface area contributed by atoms with Crippen molar-refractivity contribution >= 4 is 12.2 Å². The highest BCUT2D eigenvalue weighted by atomic mass is 32.1. The first-order chi connectivity index (χ1) is 8.50. The molecule has 0 radical (unpaired) electrons. The lowest BCUT2D eigenvalue weighted by Gasteiger charge is -2.11. The number of benzene rings is 1. The van der Waals surface area contributed by atoms with Crippen molar-refractivity contribution in [2.75, 3.05) is 0 Å². The van der Waals surface area contributed by atoms with Crippen LogP contribution in [0, 0.1) is 16.4 Å². The highest BCUT2D eigenvalue weighted by Gasteiger charge is 2.15. The van der Waals surface area contributed by atoms with Gasteiger partial charge in [-0.15, -0.1) is 0 Å². The van der Waals surface area contributed by atoms with Crippen molar-refractivity contribution in [3.63, 3.8) is 0 Å². The normalized spacial score (nSPS) is 11.2. The molecule has 2 aromatic rings. The fourth-order valence-electron chi connectivity index (χ4n) is 1.85. The molecule has 18 heavy (non-hydrogen) atoms. The molecule has 1 N–H and O–H groups in total. The minimum Gasteiger partial charge on any atom is -0.301 e. The molecule has 0 atom stereocenters. The summed E-state index contributed by atoms with van der Waals surface area (Å²) in [5.41, 5.74) is 0.00778. The van der Waals surface area contributed by atoms with Gasteiger partial charge >= 0.3 is 0 Å². The molecule has 0 saturated heterocycles. The Kier molecular flexibility index (Phi) is 3.56. The molecule has 0 bridgehead atoms. The lowest BCUT2D eigenvalue weighted by atomic mass is 10.1. The second-order valence-corrected chi connectivity index (χ2v) is 4.67. The smallest absolute Gasteiger partial charge is 0.195 e. The van der Waals surface area contributed by atoms with E-state index in [0.717, 1.165) is 0 Å². The van der Waals surface area contributed by atoms with Crippen LogP contribution in [-0.4, -0.2) is 14.8 Å². The molecule has 0 aliphatic rings. The van der Waals surface area contributed by atoms with Gasteiger partial charge in [0, 0.05) is 18.0 Å². The van der Waals surface area contributed by atoms with E-state index in [-0.39, 0.29) is 18.0 Å². The number of aromatic nitrogens is 3. The molecule has 0 spiro atoms. The molecule has 0 unspecified atom stereocenters. The van der Waals surface area contributed by atoms with Crippen LogP contribution in [0.25, 0.3) is 0 Å². The van der Waals surface area contributed by atoms with Gasteiger partial charge in [0.05, 0.1) is 0 Å². The number of nitrogens with one attached hydrogen (secondary N) is 1. The molecule has 2 rings (SSSR count). The summed E-state index contributed by atoms with van der Waals surface area (Å²) in [6, 6.07) is 3.90. The molecule has 96 valence electrons. The number of hydrogen-bond acceptors (Lipinski definition) is 2. The van der Waals surface area contributed by atoms with Crippen molar-refractivity contribution in [2.45, 2.75) is 26.3 Å². The number of halogens is 2. The summed E-state index contributed by atoms with van der Waals surface area (Å²) in [6.45, 7) is 3.87. The van der Waals surface area contributed by atoms with Crippen LogP contribution in [0.3, 0.4) is 0 Å². The lowest BCUT2D eigenvalue weighted by Crippen LogP contribution is -2.09. The number of H-pyrrole nitrogens is 1. The molecule has 0 aliphatic carbocycles. The first-order valence-corrected chi connectivity index (χ1v) is 6.00. The standard InChI is InChI=1S/C12H13F2N3S/c1-7(2)17-11(15-16-12(17)18)6-8-9(13)4-3-5-10(8)14/h3-5,7H,6H2,1-2H3,(H,16,18). The number of hydrogen-bond donors (Lipinski definition) is 1. The van der Waals surface area contributed by atoms with Gasteiger partial charge in [-0.1, -0.05) is 6.07 Å². The minimum atomic E-state index is -0.570. The maximum absolute atomic E-state index is 13.6. The van der Waals surface area contributed by atoms with Gasteiger partial charge in [-0.3, -0.25) is 5.10 Å². The SMILES string of the molecule is CC(C)n1c(Cc2c(F)cccc2F)n[nH]c1=S. The second kappa shape index (κ2) is 4.97. The molecular weight excluding hydrogens is 256 g/mol. The third kappa shape index (κ3) is 2.33. The lowest BCUT2D eigenvalue weighted by molar-refractivity contribution is 0.539. The number of rotatable bonds is 3. The number of nitrogens with zero attached hydrogens (tertiary/aromatic N) is 2. The van der Waals surface area contributed by atoms with Crippen LogP contribution in [0.4, 0.5) is 8.78 Å². The van der Waals surface area contributed by atoms with Crippen LogP contribution < -0.4 is 0 Å². The van der Waals surface area contributed by atoms with Crippen LogP contribution in [-0.2, 0) is 6.42 Å². The van der Waals surface area contributed by atoms with Crippen LogP contribution >= 0.6 is 12.2 Å². The Hall–Kier alpha value is -1.56. The van der Waals surface area contributed by atoms with Crippen molar-refractivity contribution in [3.8, 4) is 0 Å². The van der Waals surface area contributed by atoms with E-state index in [4.69, 9.17) is 12.2 Å². The van der Waals surface area contributed by atoms with Gasteiger partial charge in [0.2, 0.25) is 0 Å². The molecule has 0 aliphatic heterocycles. The summed E-state index contributed by atoms with van der Waals surface area (Å²) in [7, 11) is 0. The summed E-state index contributed by atoms with van der Waals surface area (Å²) in [4.78, 5) is 0. The molecular formula is C12H13F2N3S. The van der Waals surface area contributed by atoms with Crippen molar-refractivity contribution in [2.24, 2.45) is 0 Å². The molecule has 3 nitrogen and oxygen atoms in total. The van der Waals surface area contributed by atoms with Crippen molar-refractivity contribution in [1.29, 1.82) is 0 Å². The maximum atomic E-state index is 13.6. The van der Waals surface area contributed by atoms with E-state index in [9.17, 15) is 8.78 Å². The Morgan fingerprint density at radius 2 is 1.94 bits per heavy atom. The van der Waals surface area contributed by atoms with Gasteiger partial charge in [0.25, 0.3) is 0 Å². The zero-order valence-electron chi connectivity index (χ0n) is 10.1. The monoisotopic (exact) mass is 269 g/mol. The van der Waals surface area contributed by atoms with E-state index in [0.29, 0.717) is 10.6 Å². The van der Waals surface area contributed by atoms with Crippen LogP contribution in [0.15, 0.2) is 18.2 Å². The average molecular weight is 269 g/mol. The first kappa shape index (κ1) is 12.9. The van der Waals surface area contributed by atoms with Crippen LogP contribution in [0.2, 0.25) is 0 Å². The first-order valence-electron chi connectivity index (χ1n) is 5.59. The predicted octanol–water partition coefficient (Wildman–Crippen LogP) is 3.39. The van der Waals surface area contributed by atoms with Gasteiger partial charge < -0.3 is 4.57 Å². The summed E-state index contributed by atoms with van der Waals surface area (Å²) in [6.07, 6.45) is 0.0732. The van der Waals surface area contributed by atoms with E-state index < -0.39 is 11.6 Å². The molecule has 1 heterocycles. The molecule has 1 aromatic carbocycles. The van der Waals surface area contributed by atoms with Gasteiger partial charge in [0.1, 0.15) is 17.5 Å². The van der Waals surface area contributed by atoms with Crippen molar-refractivity contribution < 1.29 is 8.78 Å². The fraction of sp³-hybridized carbons (Fsp3) is 0.333. The fourth-order valence-corrected chi connectivity index (χ4v) is 2.22. The predicted molar refractivity (Wildman–Crippen MR) is 67.0 cm³/mol. The highest BCUT2D eigenvalue weighted by Crippen LogP contribution is 2.18. The Balaban J connectivity index is 2.44. The zero-order chi connectivity index (χ0) is 13.3. The van der Waals surface area contributed by atoms with Gasteiger partial charge in [-0.05, 0) is 38.2 Å². The summed E-state index contributed by atoms with van der Waals surface area (Å²) < 4.78 is 29.3. The summed E-state index contributed by atoms with van der Waals surface area (Å²) >= 11 is 5.09. The Labute approximate surface area is 108 Å². The van der Waals surface area contributed by atoms with Crippen LogP contribution in [0.1, 0.15) is 31.3 Å². The van der Waals surface area contributed by atoms with E-state index in [1.165, 1.54) is 18.2 Å². The van der Waals surface area contributed by atoms with Gasteiger partial charge in [0.15, 0.2) is 4.77 Å². The number of aromatic amines is 1. The molecule has 0 fully saturated rings. The van der Waals surface area contributed by atoms with Gasteiger partial charge in [-0.25, -0.2) is 8.78 Å². The van der Waals surface area contributed by atoms with Crippen molar-refractivity contribution in [3.05, 3.63) is 46.0 Å². The molecule has 0 saturated carbocycles. The third-order valence-electron chi connectivity index (χ3n) is 2.69. The molecule has 6 heteroatoms.